The molecule has 1 aliphatic carbocycles. The molecule has 2 aromatic rings. The smallest absolute Gasteiger partial charge is 0.293 e. The summed E-state index contributed by atoms with van der Waals surface area (Å²) >= 11 is 5.97. The summed E-state index contributed by atoms with van der Waals surface area (Å²) in [5, 5.41) is 20.0. The lowest BCUT2D eigenvalue weighted by atomic mass is 10.1. The number of sulfonamides is 1. The standard InChI is InChI=1S/C15H14ClN3O4S/c16-10-3-1-2-9(6-10)12-8-14(12)18-13-5-4-11(24(17,22)23)7-15(13)19(20)21/h1-7,12,14,18H,8H2,(H2,17,22,23). The molecule has 2 unspecified atom stereocenters. The Labute approximate surface area is 143 Å². The van der Waals surface area contributed by atoms with Crippen molar-refractivity contribution in [1.82, 2.24) is 0 Å². The zero-order chi connectivity index (χ0) is 17.5. The lowest BCUT2D eigenvalue weighted by Crippen LogP contribution is -2.13. The zero-order valence-corrected chi connectivity index (χ0v) is 13.9. The van der Waals surface area contributed by atoms with Crippen LogP contribution in [0.15, 0.2) is 47.4 Å². The molecule has 3 N–H and O–H groups in total. The van der Waals surface area contributed by atoms with Gasteiger partial charge in [-0.1, -0.05) is 23.7 Å². The van der Waals surface area contributed by atoms with Crippen LogP contribution in [0.3, 0.4) is 0 Å². The maximum absolute atomic E-state index is 11.3. The Kier molecular flexibility index (Phi) is 4.20. The lowest BCUT2D eigenvalue weighted by Gasteiger charge is -2.08. The number of anilines is 1. The summed E-state index contributed by atoms with van der Waals surface area (Å²) < 4.78 is 22.7. The predicted octanol–water partition coefficient (Wildman–Crippen LogP) is 2.86. The molecule has 0 bridgehead atoms. The maximum Gasteiger partial charge on any atom is 0.293 e. The minimum atomic E-state index is -3.99. The zero-order valence-electron chi connectivity index (χ0n) is 12.3. The molecule has 126 valence electrons. The van der Waals surface area contributed by atoms with Crippen LogP contribution in [0.1, 0.15) is 17.9 Å². The van der Waals surface area contributed by atoms with Gasteiger partial charge in [0.25, 0.3) is 5.69 Å². The van der Waals surface area contributed by atoms with E-state index in [1.165, 1.54) is 12.1 Å². The average Bonchev–Trinajstić information content (AvgIpc) is 3.25. The van der Waals surface area contributed by atoms with Gasteiger partial charge in [-0.3, -0.25) is 10.1 Å². The second-order valence-electron chi connectivity index (χ2n) is 5.63. The van der Waals surface area contributed by atoms with Crippen LogP contribution in [-0.2, 0) is 10.0 Å². The highest BCUT2D eigenvalue weighted by Gasteiger charge is 2.39. The maximum atomic E-state index is 11.3. The van der Waals surface area contributed by atoms with Crippen molar-refractivity contribution in [3.05, 3.63) is 63.2 Å². The SMILES string of the molecule is NS(=O)(=O)c1ccc(NC2CC2c2cccc(Cl)c2)c([N+](=O)[O-])c1. The molecule has 0 heterocycles. The van der Waals surface area contributed by atoms with Crippen LogP contribution in [0.5, 0.6) is 0 Å². The van der Waals surface area contributed by atoms with E-state index in [1.807, 2.05) is 18.2 Å². The highest BCUT2D eigenvalue weighted by Crippen LogP contribution is 2.44. The van der Waals surface area contributed by atoms with Crippen LogP contribution >= 0.6 is 11.6 Å². The summed E-state index contributed by atoms with van der Waals surface area (Å²) in [6, 6.07) is 11.1. The third-order valence-electron chi connectivity index (χ3n) is 3.90. The van der Waals surface area contributed by atoms with Crippen molar-refractivity contribution >= 4 is 33.0 Å². The summed E-state index contributed by atoms with van der Waals surface area (Å²) in [6.45, 7) is 0. The highest BCUT2D eigenvalue weighted by molar-refractivity contribution is 7.89. The van der Waals surface area contributed by atoms with Gasteiger partial charge in [0.1, 0.15) is 5.69 Å². The lowest BCUT2D eigenvalue weighted by molar-refractivity contribution is -0.384. The van der Waals surface area contributed by atoms with Gasteiger partial charge in [0, 0.05) is 23.0 Å². The molecule has 24 heavy (non-hydrogen) atoms. The second-order valence-corrected chi connectivity index (χ2v) is 7.63. The summed E-state index contributed by atoms with van der Waals surface area (Å²) in [5.74, 6) is 0.209. The molecule has 1 fully saturated rings. The molecule has 0 aliphatic heterocycles. The first-order chi connectivity index (χ1) is 11.3. The third kappa shape index (κ3) is 3.50. The summed E-state index contributed by atoms with van der Waals surface area (Å²) in [4.78, 5) is 10.3. The molecular formula is C15H14ClN3O4S. The van der Waals surface area contributed by atoms with Gasteiger partial charge in [0.15, 0.2) is 0 Å². The van der Waals surface area contributed by atoms with Crippen molar-refractivity contribution < 1.29 is 13.3 Å². The van der Waals surface area contributed by atoms with Gasteiger partial charge in [-0.05, 0) is 36.2 Å². The van der Waals surface area contributed by atoms with Gasteiger partial charge in [0.2, 0.25) is 10.0 Å². The molecular weight excluding hydrogens is 354 g/mol. The molecule has 1 saturated carbocycles. The van der Waals surface area contributed by atoms with Crippen LogP contribution in [0, 0.1) is 10.1 Å². The van der Waals surface area contributed by atoms with E-state index in [9.17, 15) is 18.5 Å². The van der Waals surface area contributed by atoms with Crippen molar-refractivity contribution in [3.8, 4) is 0 Å². The van der Waals surface area contributed by atoms with Crippen LogP contribution in [0.25, 0.3) is 0 Å². The third-order valence-corrected chi connectivity index (χ3v) is 5.05. The Balaban J connectivity index is 1.82. The molecule has 0 aromatic heterocycles. The fraction of sp³-hybridized carbons (Fsp3) is 0.200. The average molecular weight is 368 g/mol. The van der Waals surface area contributed by atoms with Gasteiger partial charge in [0.05, 0.1) is 9.82 Å². The first-order valence-corrected chi connectivity index (χ1v) is 9.01. The Bertz CT molecular complexity index is 917. The van der Waals surface area contributed by atoms with Gasteiger partial charge in [-0.25, -0.2) is 13.6 Å². The fourth-order valence-electron chi connectivity index (χ4n) is 2.62. The topological polar surface area (TPSA) is 115 Å². The van der Waals surface area contributed by atoms with E-state index < -0.39 is 14.9 Å². The van der Waals surface area contributed by atoms with E-state index in [4.69, 9.17) is 16.7 Å². The molecule has 3 rings (SSSR count). The molecule has 0 spiro atoms. The quantitative estimate of drug-likeness (QED) is 0.622. The number of hydrogen-bond acceptors (Lipinski definition) is 5. The van der Waals surface area contributed by atoms with Gasteiger partial charge in [-0.2, -0.15) is 0 Å². The first kappa shape index (κ1) is 16.7. The summed E-state index contributed by atoms with van der Waals surface area (Å²) in [7, 11) is -3.99. The monoisotopic (exact) mass is 367 g/mol. The summed E-state index contributed by atoms with van der Waals surface area (Å²) in [6.07, 6.45) is 0.814. The number of nitro groups is 1. The number of rotatable bonds is 5. The Morgan fingerprint density at radius 1 is 1.25 bits per heavy atom. The largest absolute Gasteiger partial charge is 0.376 e. The molecule has 2 atom stereocenters. The van der Waals surface area contributed by atoms with Crippen molar-refractivity contribution in [2.24, 2.45) is 5.14 Å². The normalized spacial score (nSPS) is 19.8. The highest BCUT2D eigenvalue weighted by atomic mass is 35.5. The number of hydrogen-bond donors (Lipinski definition) is 2. The van der Waals surface area contributed by atoms with Crippen molar-refractivity contribution in [2.45, 2.75) is 23.3 Å². The molecule has 2 aromatic carbocycles. The number of nitro benzene ring substituents is 1. The van der Waals surface area contributed by atoms with E-state index in [2.05, 4.69) is 5.32 Å². The number of nitrogens with one attached hydrogen (secondary N) is 1. The van der Waals surface area contributed by atoms with Crippen molar-refractivity contribution in [1.29, 1.82) is 0 Å². The van der Waals surface area contributed by atoms with Crippen LogP contribution in [0.2, 0.25) is 5.02 Å². The Morgan fingerprint density at radius 3 is 2.62 bits per heavy atom. The minimum Gasteiger partial charge on any atom is -0.376 e. The second kappa shape index (κ2) is 6.04. The molecule has 0 radical (unpaired) electrons. The van der Waals surface area contributed by atoms with E-state index in [1.54, 1.807) is 6.07 Å². The minimum absolute atomic E-state index is 0.0301. The number of benzene rings is 2. The van der Waals surface area contributed by atoms with Crippen molar-refractivity contribution in [2.75, 3.05) is 5.32 Å². The van der Waals surface area contributed by atoms with Gasteiger partial charge < -0.3 is 5.32 Å². The first-order valence-electron chi connectivity index (χ1n) is 7.09. The van der Waals surface area contributed by atoms with Crippen LogP contribution < -0.4 is 10.5 Å². The van der Waals surface area contributed by atoms with Crippen LogP contribution in [-0.4, -0.2) is 19.4 Å². The fourth-order valence-corrected chi connectivity index (χ4v) is 3.35. The van der Waals surface area contributed by atoms with Gasteiger partial charge in [-0.15, -0.1) is 0 Å². The molecule has 9 heteroatoms. The molecule has 1 aliphatic rings. The van der Waals surface area contributed by atoms with Crippen molar-refractivity contribution in [3.63, 3.8) is 0 Å². The van der Waals surface area contributed by atoms with E-state index in [0.29, 0.717) is 5.02 Å². The Morgan fingerprint density at radius 2 is 2.00 bits per heavy atom. The van der Waals surface area contributed by atoms with Crippen LogP contribution in [0.4, 0.5) is 11.4 Å². The van der Waals surface area contributed by atoms with E-state index in [-0.39, 0.29) is 28.2 Å². The van der Waals surface area contributed by atoms with Gasteiger partial charge >= 0.3 is 0 Å². The Hall–Kier alpha value is -2.16. The molecule has 0 saturated heterocycles. The molecule has 7 nitrogen and oxygen atoms in total. The summed E-state index contributed by atoms with van der Waals surface area (Å²) in [5.41, 5.74) is 1.00. The van der Waals surface area contributed by atoms with E-state index >= 15 is 0 Å². The number of halogens is 1. The van der Waals surface area contributed by atoms with E-state index in [0.717, 1.165) is 18.1 Å². The molecule has 0 amide bonds. The number of nitrogens with zero attached hydrogens (tertiary/aromatic N) is 1. The number of primary sulfonamides is 1. The predicted molar refractivity (Wildman–Crippen MR) is 90.7 cm³/mol. The number of nitrogens with two attached hydrogens (primary N) is 1.